The number of methoxy groups -OCH3 is 1. The lowest BCUT2D eigenvalue weighted by Gasteiger charge is -2.13. The zero-order valence-electron chi connectivity index (χ0n) is 21.5. The summed E-state index contributed by atoms with van der Waals surface area (Å²) in [6.07, 6.45) is 3.58. The first kappa shape index (κ1) is 27.6. The van der Waals surface area contributed by atoms with Crippen molar-refractivity contribution in [2.75, 3.05) is 19.5 Å². The van der Waals surface area contributed by atoms with E-state index in [1.165, 1.54) is 17.0 Å². The van der Waals surface area contributed by atoms with Crippen molar-refractivity contribution >= 4 is 34.7 Å². The van der Waals surface area contributed by atoms with Gasteiger partial charge in [-0.1, -0.05) is 55.7 Å². The number of hydrogen-bond acceptors (Lipinski definition) is 7. The first-order valence-corrected chi connectivity index (χ1v) is 11.7. The van der Waals surface area contributed by atoms with Gasteiger partial charge >= 0.3 is 0 Å². The molecule has 0 saturated heterocycles. The fourth-order valence-corrected chi connectivity index (χ4v) is 3.71. The molecule has 0 atom stereocenters. The van der Waals surface area contributed by atoms with E-state index < -0.39 is 5.91 Å². The van der Waals surface area contributed by atoms with Crippen molar-refractivity contribution in [1.29, 1.82) is 0 Å². The Morgan fingerprint density at radius 2 is 1.95 bits per heavy atom. The van der Waals surface area contributed by atoms with Crippen LogP contribution >= 0.6 is 0 Å². The van der Waals surface area contributed by atoms with Crippen molar-refractivity contribution in [3.05, 3.63) is 88.5 Å². The molecule has 0 bridgehead atoms. The number of nitrogens with zero attached hydrogens (tertiary/aromatic N) is 5. The maximum atomic E-state index is 13.2. The van der Waals surface area contributed by atoms with Crippen LogP contribution < -0.4 is 17.0 Å². The van der Waals surface area contributed by atoms with Crippen LogP contribution in [0, 0.1) is 11.8 Å². The Balaban J connectivity index is 0.000000244. The second-order valence-corrected chi connectivity index (χ2v) is 7.88. The van der Waals surface area contributed by atoms with E-state index in [0.717, 1.165) is 11.5 Å². The predicted molar refractivity (Wildman–Crippen MR) is 150 cm³/mol. The zero-order valence-corrected chi connectivity index (χ0v) is 21.5. The molecule has 10 heteroatoms. The van der Waals surface area contributed by atoms with E-state index in [0.29, 0.717) is 35.3 Å². The predicted octanol–water partition coefficient (Wildman–Crippen LogP) is 2.94. The highest BCUT2D eigenvalue weighted by Crippen LogP contribution is 2.22. The molecule has 0 radical (unpaired) electrons. The molecule has 4 aromatic rings. The molecule has 4 rings (SSSR count). The Kier molecular flexibility index (Phi) is 9.29. The molecule has 10 nitrogen and oxygen atoms in total. The highest BCUT2D eigenvalue weighted by molar-refractivity contribution is 6.02. The molecular formula is C28H29N7O3. The van der Waals surface area contributed by atoms with E-state index in [4.69, 9.17) is 16.2 Å². The van der Waals surface area contributed by atoms with Gasteiger partial charge < -0.3 is 16.2 Å². The van der Waals surface area contributed by atoms with Gasteiger partial charge in [-0.05, 0) is 24.3 Å². The third-order valence-corrected chi connectivity index (χ3v) is 5.33. The number of hydrogen-bond donors (Lipinski definition) is 2. The number of aryl methyl sites for hydroxylation is 2. The van der Waals surface area contributed by atoms with E-state index in [1.807, 2.05) is 55.5 Å². The molecule has 194 valence electrons. The Morgan fingerprint density at radius 3 is 2.58 bits per heavy atom. The summed E-state index contributed by atoms with van der Waals surface area (Å²) < 4.78 is 8.02. The van der Waals surface area contributed by atoms with Gasteiger partial charge in [0.2, 0.25) is 0 Å². The van der Waals surface area contributed by atoms with Crippen LogP contribution in [0.5, 0.6) is 0 Å². The van der Waals surface area contributed by atoms with Gasteiger partial charge in [0, 0.05) is 32.4 Å². The number of nitrogen functional groups attached to an aromatic ring is 1. The van der Waals surface area contributed by atoms with Crippen molar-refractivity contribution in [2.24, 2.45) is 17.8 Å². The van der Waals surface area contributed by atoms with Crippen molar-refractivity contribution in [2.45, 2.75) is 13.3 Å². The standard InChI is InChI=1S/C20H18N2O2.C8H11N5O/c1-3-18-21-17-13-7-9-15(10-8-14-24-2)19(17)20(23)22(18)16-11-5-4-6-12-16;1-3-4-11-8-5(7(10)14)6(9)12-13(8)2/h4-7,9,11-13H,3,14H2,1-2H3;3-4H,1H2,2H3,(H2,9,12)(H2,10,14)/b;11-4-. The average Bonchev–Trinajstić information content (AvgIpc) is 3.20. The molecule has 0 saturated carbocycles. The molecule has 4 N–H and O–H groups in total. The SMILES string of the molecule is C=C/C=N\c1c(C(N)=O)c(N)nn1C.CCc1nc2cccc(C#CCOC)c2c(=O)n1-c1ccccc1. The van der Waals surface area contributed by atoms with E-state index in [-0.39, 0.29) is 16.9 Å². The summed E-state index contributed by atoms with van der Waals surface area (Å²) in [6.45, 7) is 5.78. The van der Waals surface area contributed by atoms with E-state index >= 15 is 0 Å². The number of allylic oxidation sites excluding steroid dienone is 1. The number of carbonyl (C=O) groups excluding carboxylic acids is 1. The van der Waals surface area contributed by atoms with Crippen LogP contribution in [0.25, 0.3) is 16.6 Å². The molecule has 2 aromatic heterocycles. The molecule has 0 aliphatic carbocycles. The normalized spacial score (nSPS) is 10.5. The number of aliphatic imine (C=N–C) groups is 1. The monoisotopic (exact) mass is 511 g/mol. The number of fused-ring (bicyclic) bond motifs is 1. The zero-order chi connectivity index (χ0) is 27.7. The fourth-order valence-electron chi connectivity index (χ4n) is 3.71. The van der Waals surface area contributed by atoms with Crippen LogP contribution in [-0.4, -0.2) is 45.2 Å². The lowest BCUT2D eigenvalue weighted by Crippen LogP contribution is -2.24. The third-order valence-electron chi connectivity index (χ3n) is 5.33. The highest BCUT2D eigenvalue weighted by Gasteiger charge is 2.17. The van der Waals surface area contributed by atoms with E-state index in [1.54, 1.807) is 18.7 Å². The molecule has 0 unspecified atom stereocenters. The number of ether oxygens (including phenoxy) is 1. The topological polar surface area (TPSA) is 143 Å². The van der Waals surface area contributed by atoms with E-state index in [2.05, 4.69) is 33.5 Å². The van der Waals surface area contributed by atoms with Crippen LogP contribution in [0.15, 0.2) is 71.0 Å². The van der Waals surface area contributed by atoms with Gasteiger partial charge in [-0.25, -0.2) is 14.7 Å². The van der Waals surface area contributed by atoms with Crippen molar-refractivity contribution in [3.63, 3.8) is 0 Å². The minimum absolute atomic E-state index is 0.0798. The van der Waals surface area contributed by atoms with Crippen molar-refractivity contribution in [1.82, 2.24) is 19.3 Å². The molecular weight excluding hydrogens is 482 g/mol. The van der Waals surface area contributed by atoms with Gasteiger partial charge in [0.25, 0.3) is 11.5 Å². The number of primary amides is 1. The summed E-state index contributed by atoms with van der Waals surface area (Å²) in [6, 6.07) is 15.1. The van der Waals surface area contributed by atoms with Gasteiger partial charge in [-0.2, -0.15) is 5.10 Å². The number of amides is 1. The fraction of sp³-hybridized carbons (Fsp3) is 0.179. The van der Waals surface area contributed by atoms with Crippen molar-refractivity contribution in [3.8, 4) is 17.5 Å². The third kappa shape index (κ3) is 6.03. The highest BCUT2D eigenvalue weighted by atomic mass is 16.5. The van der Waals surface area contributed by atoms with Gasteiger partial charge in [0.15, 0.2) is 11.6 Å². The lowest BCUT2D eigenvalue weighted by atomic mass is 10.1. The van der Waals surface area contributed by atoms with Gasteiger partial charge in [-0.15, -0.1) is 0 Å². The summed E-state index contributed by atoms with van der Waals surface area (Å²) >= 11 is 0. The molecule has 2 aromatic carbocycles. The molecule has 0 spiro atoms. The number of anilines is 1. The quantitative estimate of drug-likeness (QED) is 0.301. The van der Waals surface area contributed by atoms with Crippen LogP contribution in [0.4, 0.5) is 11.6 Å². The van der Waals surface area contributed by atoms with Gasteiger partial charge in [0.1, 0.15) is 18.0 Å². The molecule has 2 heterocycles. The molecule has 0 aliphatic rings. The number of nitrogens with two attached hydrogens (primary N) is 2. The maximum absolute atomic E-state index is 13.2. The minimum Gasteiger partial charge on any atom is -0.381 e. The first-order chi connectivity index (χ1) is 18.3. The molecule has 38 heavy (non-hydrogen) atoms. The van der Waals surface area contributed by atoms with Gasteiger partial charge in [0.05, 0.1) is 16.6 Å². The number of para-hydroxylation sites is 1. The molecule has 0 aliphatic heterocycles. The largest absolute Gasteiger partial charge is 0.381 e. The second-order valence-electron chi connectivity index (χ2n) is 7.88. The summed E-state index contributed by atoms with van der Waals surface area (Å²) in [7, 11) is 3.22. The average molecular weight is 512 g/mol. The summed E-state index contributed by atoms with van der Waals surface area (Å²) in [4.78, 5) is 32.8. The van der Waals surface area contributed by atoms with Crippen LogP contribution in [0.1, 0.15) is 28.7 Å². The Morgan fingerprint density at radius 1 is 1.21 bits per heavy atom. The maximum Gasteiger partial charge on any atom is 0.267 e. The number of benzene rings is 2. The Hall–Kier alpha value is -5.01. The number of aromatic nitrogens is 4. The second kappa shape index (κ2) is 12.8. The smallest absolute Gasteiger partial charge is 0.267 e. The lowest BCUT2D eigenvalue weighted by molar-refractivity contribution is 0.100. The molecule has 1 amide bonds. The Labute approximate surface area is 220 Å². The summed E-state index contributed by atoms with van der Waals surface area (Å²) in [5.74, 6) is 6.43. The molecule has 0 fully saturated rings. The van der Waals surface area contributed by atoms with Crippen LogP contribution in [0.3, 0.4) is 0 Å². The number of rotatable bonds is 6. The van der Waals surface area contributed by atoms with Crippen molar-refractivity contribution < 1.29 is 9.53 Å². The first-order valence-electron chi connectivity index (χ1n) is 11.7. The van der Waals surface area contributed by atoms with E-state index in [9.17, 15) is 9.59 Å². The summed E-state index contributed by atoms with van der Waals surface area (Å²) in [5, 5.41) is 4.37. The van der Waals surface area contributed by atoms with Crippen LogP contribution in [0.2, 0.25) is 0 Å². The Bertz CT molecular complexity index is 1610. The van der Waals surface area contributed by atoms with Gasteiger partial charge in [-0.3, -0.25) is 14.2 Å². The minimum atomic E-state index is -0.646. The van der Waals surface area contributed by atoms with Crippen LogP contribution in [-0.2, 0) is 18.2 Å². The number of carbonyl (C=O) groups is 1. The summed E-state index contributed by atoms with van der Waals surface area (Å²) in [5.41, 5.74) is 12.8.